The van der Waals surface area contributed by atoms with Crippen LogP contribution in [0, 0.1) is 0 Å². The number of amides is 2. The standard InChI is InChI=1S/C30H29BrN6O7S/c1-30(2,3)44-29(41)37(18-26(38)39)28(40)24-14-12-22(31)27(33-24)25(36-45(42,43)21-10-7-15-32-17-21)16-20-11-13-23(35-34-20)19-8-5-4-6-9-19/h4-15,17,25,36H,16,18H2,1-3H3,(H,38,39). The van der Waals surface area contributed by atoms with Gasteiger partial charge in [-0.2, -0.15) is 10.2 Å². The molecule has 0 saturated carbocycles. The normalized spacial score (nSPS) is 12.3. The Morgan fingerprint density at radius 2 is 1.73 bits per heavy atom. The third-order valence-electron chi connectivity index (χ3n) is 6.02. The van der Waals surface area contributed by atoms with Crippen LogP contribution in [0.2, 0.25) is 0 Å². The van der Waals surface area contributed by atoms with E-state index in [1.165, 1.54) is 36.7 Å². The van der Waals surface area contributed by atoms with Gasteiger partial charge in [0, 0.05) is 28.9 Å². The number of aromatic nitrogens is 4. The fourth-order valence-corrected chi connectivity index (χ4v) is 5.69. The van der Waals surface area contributed by atoms with Crippen molar-refractivity contribution >= 4 is 43.9 Å². The van der Waals surface area contributed by atoms with Gasteiger partial charge in [0.1, 0.15) is 22.7 Å². The summed E-state index contributed by atoms with van der Waals surface area (Å²) in [5, 5.41) is 17.9. The van der Waals surface area contributed by atoms with E-state index in [9.17, 15) is 27.9 Å². The molecule has 0 spiro atoms. The summed E-state index contributed by atoms with van der Waals surface area (Å²) in [6.07, 6.45) is 1.39. The summed E-state index contributed by atoms with van der Waals surface area (Å²) in [6.45, 7) is 3.72. The summed E-state index contributed by atoms with van der Waals surface area (Å²) in [7, 11) is -4.16. The van der Waals surface area contributed by atoms with Gasteiger partial charge < -0.3 is 9.84 Å². The first-order valence-corrected chi connectivity index (χ1v) is 15.7. The number of carboxylic acids is 1. The lowest BCUT2D eigenvalue weighted by molar-refractivity contribution is -0.137. The number of carboxylic acid groups (broad SMARTS) is 1. The van der Waals surface area contributed by atoms with Gasteiger partial charge in [0.25, 0.3) is 5.91 Å². The molecule has 13 nitrogen and oxygen atoms in total. The van der Waals surface area contributed by atoms with Gasteiger partial charge in [0.2, 0.25) is 10.0 Å². The Morgan fingerprint density at radius 3 is 2.33 bits per heavy atom. The smallest absolute Gasteiger partial charge is 0.417 e. The van der Waals surface area contributed by atoms with E-state index >= 15 is 0 Å². The molecular weight excluding hydrogens is 668 g/mol. The number of pyridine rings is 2. The van der Waals surface area contributed by atoms with Crippen LogP contribution in [0.5, 0.6) is 0 Å². The number of carbonyl (C=O) groups excluding carboxylic acids is 2. The molecule has 2 N–H and O–H groups in total. The predicted molar refractivity (Wildman–Crippen MR) is 165 cm³/mol. The molecule has 0 aliphatic heterocycles. The van der Waals surface area contributed by atoms with Gasteiger partial charge in [-0.05, 0) is 73.1 Å². The zero-order valence-electron chi connectivity index (χ0n) is 24.4. The van der Waals surface area contributed by atoms with Crippen LogP contribution in [0.25, 0.3) is 11.3 Å². The molecule has 0 aliphatic carbocycles. The molecule has 1 unspecified atom stereocenters. The number of hydrogen-bond acceptors (Lipinski definition) is 10. The molecule has 0 bridgehead atoms. The van der Waals surface area contributed by atoms with E-state index in [0.29, 0.717) is 20.8 Å². The summed E-state index contributed by atoms with van der Waals surface area (Å²) in [6, 6.07) is 17.3. The van der Waals surface area contributed by atoms with Gasteiger partial charge in [0.15, 0.2) is 0 Å². The minimum atomic E-state index is -4.16. The number of rotatable bonds is 10. The molecule has 4 rings (SSSR count). The Hall–Kier alpha value is -4.60. The third-order valence-corrected chi connectivity index (χ3v) is 8.15. The fraction of sp³-hybridized carbons (Fsp3) is 0.233. The monoisotopic (exact) mass is 696 g/mol. The van der Waals surface area contributed by atoms with Gasteiger partial charge in [-0.15, -0.1) is 0 Å². The van der Waals surface area contributed by atoms with E-state index in [4.69, 9.17) is 4.74 Å². The van der Waals surface area contributed by atoms with Gasteiger partial charge in [0.05, 0.1) is 23.1 Å². The quantitative estimate of drug-likeness (QED) is 0.239. The molecule has 3 aromatic heterocycles. The topological polar surface area (TPSA) is 182 Å². The number of benzene rings is 1. The molecule has 15 heteroatoms. The molecule has 1 aromatic carbocycles. The number of imide groups is 1. The Labute approximate surface area is 267 Å². The minimum Gasteiger partial charge on any atom is -0.480 e. The fourth-order valence-electron chi connectivity index (χ4n) is 4.03. The largest absolute Gasteiger partial charge is 0.480 e. The number of sulfonamides is 1. The summed E-state index contributed by atoms with van der Waals surface area (Å²) >= 11 is 3.39. The highest BCUT2D eigenvalue weighted by Crippen LogP contribution is 2.28. The molecule has 1 atom stereocenters. The first-order chi connectivity index (χ1) is 21.2. The number of hydrogen-bond donors (Lipinski definition) is 2. The molecule has 0 fully saturated rings. The van der Waals surface area contributed by atoms with Gasteiger partial charge >= 0.3 is 12.1 Å². The van der Waals surface area contributed by atoms with Gasteiger partial charge in [-0.25, -0.2) is 27.8 Å². The predicted octanol–water partition coefficient (Wildman–Crippen LogP) is 4.42. The Morgan fingerprint density at radius 1 is 1.00 bits per heavy atom. The lowest BCUT2D eigenvalue weighted by Crippen LogP contribution is -2.44. The highest BCUT2D eigenvalue weighted by molar-refractivity contribution is 9.10. The van der Waals surface area contributed by atoms with Crippen molar-refractivity contribution in [2.75, 3.05) is 6.54 Å². The molecule has 0 radical (unpaired) electrons. The van der Waals surface area contributed by atoms with Crippen LogP contribution in [0.1, 0.15) is 48.7 Å². The first-order valence-electron chi connectivity index (χ1n) is 13.5. The van der Waals surface area contributed by atoms with Crippen molar-refractivity contribution in [3.05, 3.63) is 101 Å². The van der Waals surface area contributed by atoms with Gasteiger partial charge in [-0.1, -0.05) is 30.3 Å². The van der Waals surface area contributed by atoms with Crippen molar-refractivity contribution < 1.29 is 32.6 Å². The molecular formula is C30H29BrN6O7S. The van der Waals surface area contributed by atoms with E-state index in [1.54, 1.807) is 32.9 Å². The first kappa shape index (κ1) is 33.3. The molecule has 45 heavy (non-hydrogen) atoms. The molecule has 3 heterocycles. The van der Waals surface area contributed by atoms with Crippen LogP contribution in [-0.4, -0.2) is 68.7 Å². The van der Waals surface area contributed by atoms with Crippen molar-refractivity contribution in [2.24, 2.45) is 0 Å². The number of nitrogens with one attached hydrogen (secondary N) is 1. The summed E-state index contributed by atoms with van der Waals surface area (Å²) in [4.78, 5) is 46.3. The number of carbonyl (C=O) groups is 3. The summed E-state index contributed by atoms with van der Waals surface area (Å²) < 4.78 is 35.0. The maximum Gasteiger partial charge on any atom is 0.417 e. The summed E-state index contributed by atoms with van der Waals surface area (Å²) in [5.74, 6) is -2.51. The highest BCUT2D eigenvalue weighted by atomic mass is 79.9. The van der Waals surface area contributed by atoms with Crippen LogP contribution in [0.15, 0.2) is 88.5 Å². The molecule has 4 aromatic rings. The lowest BCUT2D eigenvalue weighted by Gasteiger charge is -2.25. The maximum absolute atomic E-state index is 13.4. The highest BCUT2D eigenvalue weighted by Gasteiger charge is 2.32. The van der Waals surface area contributed by atoms with Crippen LogP contribution >= 0.6 is 15.9 Å². The van der Waals surface area contributed by atoms with Crippen molar-refractivity contribution in [2.45, 2.75) is 43.7 Å². The third kappa shape index (κ3) is 8.97. The Balaban J connectivity index is 1.73. The lowest BCUT2D eigenvalue weighted by atomic mass is 10.1. The average molecular weight is 698 g/mol. The summed E-state index contributed by atoms with van der Waals surface area (Å²) in [5.41, 5.74) is 0.591. The van der Waals surface area contributed by atoms with Gasteiger partial charge in [-0.3, -0.25) is 14.6 Å². The van der Waals surface area contributed by atoms with Crippen LogP contribution in [-0.2, 0) is 26.0 Å². The number of nitrogens with zero attached hydrogens (tertiary/aromatic N) is 5. The second-order valence-electron chi connectivity index (χ2n) is 10.7. The number of aliphatic carboxylic acids is 1. The Bertz CT molecular complexity index is 1790. The second kappa shape index (κ2) is 14.0. The van der Waals surface area contributed by atoms with Crippen molar-refractivity contribution in [3.8, 4) is 11.3 Å². The van der Waals surface area contributed by atoms with Crippen LogP contribution < -0.4 is 4.72 Å². The zero-order valence-corrected chi connectivity index (χ0v) is 26.8. The molecule has 2 amide bonds. The maximum atomic E-state index is 13.4. The van der Waals surface area contributed by atoms with E-state index < -0.39 is 46.2 Å². The second-order valence-corrected chi connectivity index (χ2v) is 13.2. The van der Waals surface area contributed by atoms with E-state index in [0.717, 1.165) is 5.56 Å². The van der Waals surface area contributed by atoms with Crippen molar-refractivity contribution in [3.63, 3.8) is 0 Å². The molecule has 234 valence electrons. The minimum absolute atomic E-state index is 0.0459. The van der Waals surface area contributed by atoms with Crippen LogP contribution in [0.3, 0.4) is 0 Å². The number of halogens is 1. The van der Waals surface area contributed by atoms with E-state index in [1.807, 2.05) is 30.3 Å². The zero-order chi connectivity index (χ0) is 32.8. The van der Waals surface area contributed by atoms with Crippen molar-refractivity contribution in [1.82, 2.24) is 29.8 Å². The Kier molecular flexibility index (Phi) is 10.4. The van der Waals surface area contributed by atoms with Crippen LogP contribution in [0.4, 0.5) is 4.79 Å². The van der Waals surface area contributed by atoms with E-state index in [2.05, 4.69) is 40.8 Å². The SMILES string of the molecule is CC(C)(C)OC(=O)N(CC(=O)O)C(=O)c1ccc(Br)c(C(Cc2ccc(-c3ccccc3)nn2)NS(=O)(=O)c2cccnc2)n1. The average Bonchev–Trinajstić information content (AvgIpc) is 2.99. The molecule has 0 saturated heterocycles. The van der Waals surface area contributed by atoms with E-state index in [-0.39, 0.29) is 22.7 Å². The molecule has 0 aliphatic rings. The number of ether oxygens (including phenoxy) is 1. The van der Waals surface area contributed by atoms with Crippen molar-refractivity contribution in [1.29, 1.82) is 0 Å².